The molecule has 108 valence electrons. The molecule has 5 heteroatoms. The average Bonchev–Trinajstić information content (AvgIpc) is 2.25. The van der Waals surface area contributed by atoms with Crippen molar-refractivity contribution in [2.75, 3.05) is 18.9 Å². The normalized spacial score (nSPS) is 11.6. The Morgan fingerprint density at radius 3 is 2.00 bits per heavy atom. The highest BCUT2D eigenvalue weighted by Gasteiger charge is 2.15. The molecule has 0 heterocycles. The molecule has 1 aromatic rings. The van der Waals surface area contributed by atoms with Gasteiger partial charge in [-0.25, -0.2) is 8.78 Å². The standard InChI is InChI=1S/C14H22F2N2O/c1-9(2)18(10(3)4)5-6-19-14-12(15)7-11(17)8-13(14)16/h7-10H,5-6,17H2,1-4H3. The van der Waals surface area contributed by atoms with Gasteiger partial charge in [0, 0.05) is 36.4 Å². The molecule has 0 aliphatic rings. The van der Waals surface area contributed by atoms with Crippen molar-refractivity contribution in [3.05, 3.63) is 23.8 Å². The third-order valence-electron chi connectivity index (χ3n) is 2.94. The van der Waals surface area contributed by atoms with Crippen LogP contribution in [-0.4, -0.2) is 30.1 Å². The molecule has 19 heavy (non-hydrogen) atoms. The van der Waals surface area contributed by atoms with Crippen LogP contribution < -0.4 is 10.5 Å². The minimum absolute atomic E-state index is 0.0494. The van der Waals surface area contributed by atoms with Gasteiger partial charge in [-0.15, -0.1) is 0 Å². The lowest BCUT2D eigenvalue weighted by Crippen LogP contribution is -2.39. The molecule has 0 spiro atoms. The Labute approximate surface area is 113 Å². The van der Waals surface area contributed by atoms with E-state index in [1.54, 1.807) is 0 Å². The maximum Gasteiger partial charge on any atom is 0.190 e. The molecule has 0 saturated heterocycles. The third-order valence-corrected chi connectivity index (χ3v) is 2.94. The van der Waals surface area contributed by atoms with Gasteiger partial charge in [-0.2, -0.15) is 0 Å². The number of nitrogens with zero attached hydrogens (tertiary/aromatic N) is 1. The molecule has 0 bridgehead atoms. The Kier molecular flexibility index (Phi) is 5.54. The fourth-order valence-corrected chi connectivity index (χ4v) is 2.08. The largest absolute Gasteiger partial charge is 0.486 e. The van der Waals surface area contributed by atoms with Crippen LogP contribution in [0.25, 0.3) is 0 Å². The summed E-state index contributed by atoms with van der Waals surface area (Å²) in [5.41, 5.74) is 5.39. The van der Waals surface area contributed by atoms with Crippen LogP contribution in [0.2, 0.25) is 0 Å². The van der Waals surface area contributed by atoms with Crippen LogP contribution in [0, 0.1) is 11.6 Å². The molecule has 0 atom stereocenters. The molecular formula is C14H22F2N2O. The Morgan fingerprint density at radius 2 is 1.58 bits per heavy atom. The van der Waals surface area contributed by atoms with E-state index in [0.29, 0.717) is 18.6 Å². The summed E-state index contributed by atoms with van der Waals surface area (Å²) >= 11 is 0. The number of halogens is 2. The Morgan fingerprint density at radius 1 is 1.11 bits per heavy atom. The van der Waals surface area contributed by atoms with E-state index in [1.807, 2.05) is 0 Å². The van der Waals surface area contributed by atoms with E-state index in [-0.39, 0.29) is 18.0 Å². The molecule has 0 saturated carbocycles. The van der Waals surface area contributed by atoms with E-state index in [2.05, 4.69) is 32.6 Å². The lowest BCUT2D eigenvalue weighted by atomic mass is 10.2. The van der Waals surface area contributed by atoms with Crippen LogP contribution in [0.4, 0.5) is 14.5 Å². The second-order valence-corrected chi connectivity index (χ2v) is 5.09. The van der Waals surface area contributed by atoms with Gasteiger partial charge in [0.2, 0.25) is 0 Å². The zero-order valence-electron chi connectivity index (χ0n) is 11.9. The van der Waals surface area contributed by atoms with Gasteiger partial charge in [-0.05, 0) is 27.7 Å². The van der Waals surface area contributed by atoms with Crippen molar-refractivity contribution in [2.24, 2.45) is 0 Å². The molecule has 1 aromatic carbocycles. The SMILES string of the molecule is CC(C)N(CCOc1c(F)cc(N)cc1F)C(C)C. The molecular weight excluding hydrogens is 250 g/mol. The maximum atomic E-state index is 13.5. The van der Waals surface area contributed by atoms with E-state index in [0.717, 1.165) is 12.1 Å². The van der Waals surface area contributed by atoms with Crippen LogP contribution in [-0.2, 0) is 0 Å². The molecule has 0 radical (unpaired) electrons. The van der Waals surface area contributed by atoms with Gasteiger partial charge < -0.3 is 10.5 Å². The average molecular weight is 272 g/mol. The molecule has 0 unspecified atom stereocenters. The highest BCUT2D eigenvalue weighted by molar-refractivity contribution is 5.44. The summed E-state index contributed by atoms with van der Waals surface area (Å²) in [6.07, 6.45) is 0. The van der Waals surface area contributed by atoms with Crippen molar-refractivity contribution < 1.29 is 13.5 Å². The summed E-state index contributed by atoms with van der Waals surface area (Å²) in [7, 11) is 0. The van der Waals surface area contributed by atoms with E-state index in [4.69, 9.17) is 10.5 Å². The van der Waals surface area contributed by atoms with Gasteiger partial charge in [0.1, 0.15) is 6.61 Å². The first-order chi connectivity index (χ1) is 8.82. The first-order valence-corrected chi connectivity index (χ1v) is 6.46. The molecule has 0 fully saturated rings. The summed E-state index contributed by atoms with van der Waals surface area (Å²) in [5.74, 6) is -1.89. The predicted octanol–water partition coefficient (Wildman–Crippen LogP) is 3.04. The van der Waals surface area contributed by atoms with Crippen LogP contribution in [0.15, 0.2) is 12.1 Å². The monoisotopic (exact) mass is 272 g/mol. The molecule has 3 nitrogen and oxygen atoms in total. The van der Waals surface area contributed by atoms with Gasteiger partial charge in [0.25, 0.3) is 0 Å². The van der Waals surface area contributed by atoms with Gasteiger partial charge >= 0.3 is 0 Å². The Bertz CT molecular complexity index is 391. The molecule has 2 N–H and O–H groups in total. The van der Waals surface area contributed by atoms with E-state index in [9.17, 15) is 8.78 Å². The van der Waals surface area contributed by atoms with Crippen molar-refractivity contribution in [1.29, 1.82) is 0 Å². The maximum absolute atomic E-state index is 13.5. The highest BCUT2D eigenvalue weighted by Crippen LogP contribution is 2.24. The number of rotatable bonds is 6. The smallest absolute Gasteiger partial charge is 0.190 e. The van der Waals surface area contributed by atoms with Crippen LogP contribution in [0.1, 0.15) is 27.7 Å². The van der Waals surface area contributed by atoms with Crippen molar-refractivity contribution in [1.82, 2.24) is 4.90 Å². The van der Waals surface area contributed by atoms with E-state index < -0.39 is 11.6 Å². The van der Waals surface area contributed by atoms with Gasteiger partial charge in [0.05, 0.1) is 0 Å². The molecule has 1 rings (SSSR count). The van der Waals surface area contributed by atoms with Gasteiger partial charge in [-0.1, -0.05) is 0 Å². The number of hydrogen-bond donors (Lipinski definition) is 1. The first-order valence-electron chi connectivity index (χ1n) is 6.46. The third kappa shape index (κ3) is 4.35. The second-order valence-electron chi connectivity index (χ2n) is 5.09. The number of anilines is 1. The summed E-state index contributed by atoms with van der Waals surface area (Å²) in [4.78, 5) is 2.19. The lowest BCUT2D eigenvalue weighted by Gasteiger charge is -2.30. The summed E-state index contributed by atoms with van der Waals surface area (Å²) < 4.78 is 32.2. The van der Waals surface area contributed by atoms with Crippen molar-refractivity contribution >= 4 is 5.69 Å². The van der Waals surface area contributed by atoms with Gasteiger partial charge in [0.15, 0.2) is 17.4 Å². The topological polar surface area (TPSA) is 38.5 Å². The molecule has 0 aliphatic carbocycles. The van der Waals surface area contributed by atoms with E-state index >= 15 is 0 Å². The Balaban J connectivity index is 2.63. The molecule has 0 aliphatic heterocycles. The van der Waals surface area contributed by atoms with Gasteiger partial charge in [-0.3, -0.25) is 4.90 Å². The minimum Gasteiger partial charge on any atom is -0.486 e. The first kappa shape index (κ1) is 15.7. The summed E-state index contributed by atoms with van der Waals surface area (Å²) in [5, 5.41) is 0. The second kappa shape index (κ2) is 6.70. The number of benzene rings is 1. The number of nitrogens with two attached hydrogens (primary N) is 1. The van der Waals surface area contributed by atoms with Crippen LogP contribution in [0.3, 0.4) is 0 Å². The van der Waals surface area contributed by atoms with Crippen LogP contribution >= 0.6 is 0 Å². The number of ether oxygens (including phenoxy) is 1. The quantitative estimate of drug-likeness (QED) is 0.809. The van der Waals surface area contributed by atoms with Crippen molar-refractivity contribution in [3.63, 3.8) is 0 Å². The molecule has 0 amide bonds. The fourth-order valence-electron chi connectivity index (χ4n) is 2.08. The fraction of sp³-hybridized carbons (Fsp3) is 0.571. The Hall–Kier alpha value is -1.36. The minimum atomic E-state index is -0.766. The predicted molar refractivity (Wildman–Crippen MR) is 73.2 cm³/mol. The number of nitrogen functional groups attached to an aromatic ring is 1. The van der Waals surface area contributed by atoms with Crippen molar-refractivity contribution in [3.8, 4) is 5.75 Å². The highest BCUT2D eigenvalue weighted by atomic mass is 19.1. The summed E-state index contributed by atoms with van der Waals surface area (Å²) in [6, 6.07) is 2.82. The lowest BCUT2D eigenvalue weighted by molar-refractivity contribution is 0.138. The number of hydrogen-bond acceptors (Lipinski definition) is 3. The summed E-state index contributed by atoms with van der Waals surface area (Å²) in [6.45, 7) is 9.14. The van der Waals surface area contributed by atoms with Crippen LogP contribution in [0.5, 0.6) is 5.75 Å². The molecule has 0 aromatic heterocycles. The van der Waals surface area contributed by atoms with Crippen molar-refractivity contribution in [2.45, 2.75) is 39.8 Å². The zero-order valence-corrected chi connectivity index (χ0v) is 11.9. The zero-order chi connectivity index (χ0) is 14.6. The van der Waals surface area contributed by atoms with E-state index in [1.165, 1.54) is 0 Å².